The maximum atomic E-state index is 13.7. The Morgan fingerprint density at radius 3 is 2.61 bits per heavy atom. The molecule has 5 aromatic rings. The fourth-order valence-corrected chi connectivity index (χ4v) is 5.47. The SMILES string of the molecule is O=C(CSc1nc2c([nH]c3ccccc32)c(=O)n1-c1ccc([N+](=O)[O-])cc1)N1CCc2ccccc21. The van der Waals surface area contributed by atoms with Crippen LogP contribution in [-0.4, -0.2) is 37.7 Å². The lowest BCUT2D eigenvalue weighted by Gasteiger charge is -2.18. The van der Waals surface area contributed by atoms with Crippen LogP contribution < -0.4 is 10.5 Å². The van der Waals surface area contributed by atoms with Gasteiger partial charge in [-0.1, -0.05) is 48.2 Å². The van der Waals surface area contributed by atoms with Crippen LogP contribution in [0.5, 0.6) is 0 Å². The number of aromatic amines is 1. The molecule has 3 aromatic carbocycles. The quantitative estimate of drug-likeness (QED) is 0.166. The van der Waals surface area contributed by atoms with E-state index in [9.17, 15) is 19.7 Å². The molecule has 36 heavy (non-hydrogen) atoms. The second-order valence-electron chi connectivity index (χ2n) is 8.42. The van der Waals surface area contributed by atoms with E-state index in [-0.39, 0.29) is 22.9 Å². The molecule has 0 spiro atoms. The van der Waals surface area contributed by atoms with Crippen LogP contribution in [0.1, 0.15) is 5.56 Å². The summed E-state index contributed by atoms with van der Waals surface area (Å²) in [5, 5.41) is 12.3. The molecular formula is C26H19N5O4S. The summed E-state index contributed by atoms with van der Waals surface area (Å²) in [5.41, 5.74) is 3.69. The van der Waals surface area contributed by atoms with Gasteiger partial charge in [0.2, 0.25) is 5.91 Å². The van der Waals surface area contributed by atoms with Crippen molar-refractivity contribution in [3.63, 3.8) is 0 Å². The maximum Gasteiger partial charge on any atom is 0.283 e. The molecule has 10 heteroatoms. The number of hydrogen-bond donors (Lipinski definition) is 1. The van der Waals surface area contributed by atoms with Gasteiger partial charge in [-0.25, -0.2) is 4.98 Å². The van der Waals surface area contributed by atoms with Gasteiger partial charge in [0.25, 0.3) is 11.2 Å². The molecule has 0 aliphatic carbocycles. The lowest BCUT2D eigenvalue weighted by Crippen LogP contribution is -2.31. The normalized spacial score (nSPS) is 12.8. The second-order valence-corrected chi connectivity index (χ2v) is 9.36. The van der Waals surface area contributed by atoms with Crippen LogP contribution in [-0.2, 0) is 11.2 Å². The van der Waals surface area contributed by atoms with E-state index in [0.29, 0.717) is 28.4 Å². The molecule has 1 amide bonds. The van der Waals surface area contributed by atoms with Crippen molar-refractivity contribution < 1.29 is 9.72 Å². The topological polar surface area (TPSA) is 114 Å². The predicted octanol–water partition coefficient (Wildman–Crippen LogP) is 4.46. The molecule has 0 bridgehead atoms. The molecular weight excluding hydrogens is 478 g/mol. The van der Waals surface area contributed by atoms with Crippen molar-refractivity contribution in [1.29, 1.82) is 0 Å². The number of anilines is 1. The number of nitrogens with zero attached hydrogens (tertiary/aromatic N) is 4. The first-order valence-corrected chi connectivity index (χ1v) is 12.3. The first kappa shape index (κ1) is 22.1. The van der Waals surface area contributed by atoms with E-state index < -0.39 is 4.92 Å². The van der Waals surface area contributed by atoms with Crippen molar-refractivity contribution in [3.8, 4) is 5.69 Å². The van der Waals surface area contributed by atoms with Crippen LogP contribution in [0.15, 0.2) is 82.7 Å². The highest BCUT2D eigenvalue weighted by Gasteiger charge is 2.25. The van der Waals surface area contributed by atoms with E-state index in [4.69, 9.17) is 4.98 Å². The first-order valence-electron chi connectivity index (χ1n) is 11.3. The van der Waals surface area contributed by atoms with Crippen LogP contribution in [0, 0.1) is 10.1 Å². The number of fused-ring (bicyclic) bond motifs is 4. The third-order valence-electron chi connectivity index (χ3n) is 6.33. The molecule has 178 valence electrons. The fraction of sp³-hybridized carbons (Fsp3) is 0.115. The van der Waals surface area contributed by atoms with Crippen LogP contribution >= 0.6 is 11.8 Å². The molecule has 1 N–H and O–H groups in total. The number of thioether (sulfide) groups is 1. The van der Waals surface area contributed by atoms with E-state index >= 15 is 0 Å². The predicted molar refractivity (Wildman–Crippen MR) is 139 cm³/mol. The maximum absolute atomic E-state index is 13.7. The summed E-state index contributed by atoms with van der Waals surface area (Å²) in [4.78, 5) is 47.2. The number of amides is 1. The largest absolute Gasteiger partial charge is 0.349 e. The van der Waals surface area contributed by atoms with Crippen molar-refractivity contribution in [2.45, 2.75) is 11.6 Å². The Morgan fingerprint density at radius 1 is 1.06 bits per heavy atom. The Bertz CT molecular complexity index is 1720. The third kappa shape index (κ3) is 3.62. The Balaban J connectivity index is 1.43. The number of H-pyrrole nitrogens is 1. The number of benzene rings is 3. The highest BCUT2D eigenvalue weighted by Crippen LogP contribution is 2.30. The molecule has 3 heterocycles. The average molecular weight is 498 g/mol. The van der Waals surface area contributed by atoms with Crippen LogP contribution in [0.2, 0.25) is 0 Å². The van der Waals surface area contributed by atoms with Crippen molar-refractivity contribution in [2.75, 3.05) is 17.2 Å². The monoisotopic (exact) mass is 497 g/mol. The number of aromatic nitrogens is 3. The van der Waals surface area contributed by atoms with E-state index in [0.717, 1.165) is 28.6 Å². The summed E-state index contributed by atoms with van der Waals surface area (Å²) >= 11 is 1.18. The molecule has 1 aliphatic rings. The van der Waals surface area contributed by atoms with Gasteiger partial charge >= 0.3 is 0 Å². The number of nitrogens with one attached hydrogen (secondary N) is 1. The summed E-state index contributed by atoms with van der Waals surface area (Å²) in [6, 6.07) is 21.1. The Kier molecular flexibility index (Phi) is 5.30. The van der Waals surface area contributed by atoms with Crippen LogP contribution in [0.25, 0.3) is 27.6 Å². The molecule has 0 atom stereocenters. The minimum Gasteiger partial charge on any atom is -0.349 e. The van der Waals surface area contributed by atoms with Gasteiger partial charge in [-0.2, -0.15) is 0 Å². The molecule has 0 fully saturated rings. The minimum absolute atomic E-state index is 0.0755. The van der Waals surface area contributed by atoms with E-state index in [2.05, 4.69) is 4.98 Å². The van der Waals surface area contributed by atoms with Crippen molar-refractivity contribution in [2.24, 2.45) is 0 Å². The molecule has 9 nitrogen and oxygen atoms in total. The zero-order valence-electron chi connectivity index (χ0n) is 18.9. The van der Waals surface area contributed by atoms with Gasteiger partial charge in [-0.05, 0) is 36.2 Å². The number of carbonyl (C=O) groups is 1. The number of nitro groups is 1. The van der Waals surface area contributed by atoms with Crippen molar-refractivity contribution >= 4 is 51.0 Å². The summed E-state index contributed by atoms with van der Waals surface area (Å²) in [5.74, 6) is 0.00945. The lowest BCUT2D eigenvalue weighted by atomic mass is 10.2. The highest BCUT2D eigenvalue weighted by atomic mass is 32.2. The first-order chi connectivity index (χ1) is 17.5. The lowest BCUT2D eigenvalue weighted by molar-refractivity contribution is -0.384. The van der Waals surface area contributed by atoms with Crippen molar-refractivity contribution in [1.82, 2.24) is 14.5 Å². The standard InChI is InChI=1S/C26H19N5O4S/c32-22(29-14-13-16-5-1-4-8-21(16)29)15-36-26-28-23-19-6-2-3-7-20(19)27-24(23)25(33)30(26)17-9-11-18(12-10-17)31(34)35/h1-12,27H,13-15H2. The number of hydrogen-bond acceptors (Lipinski definition) is 6. The van der Waals surface area contributed by atoms with Gasteiger partial charge < -0.3 is 9.88 Å². The number of para-hydroxylation sites is 2. The zero-order chi connectivity index (χ0) is 24.8. The molecule has 0 unspecified atom stereocenters. The van der Waals surface area contributed by atoms with Crippen molar-refractivity contribution in [3.05, 3.63) is 98.8 Å². The number of nitro benzene ring substituents is 1. The van der Waals surface area contributed by atoms with Gasteiger partial charge in [0.1, 0.15) is 11.0 Å². The summed E-state index contributed by atoms with van der Waals surface area (Å²) in [6.45, 7) is 0.614. The van der Waals surface area contributed by atoms with E-state index in [1.54, 1.807) is 4.90 Å². The third-order valence-corrected chi connectivity index (χ3v) is 7.25. The number of carbonyl (C=O) groups excluding carboxylic acids is 1. The van der Waals surface area contributed by atoms with E-state index in [1.165, 1.54) is 40.6 Å². The Morgan fingerprint density at radius 2 is 1.81 bits per heavy atom. The van der Waals surface area contributed by atoms with Crippen LogP contribution in [0.3, 0.4) is 0 Å². The summed E-state index contributed by atoms with van der Waals surface area (Å²) in [7, 11) is 0. The molecule has 0 radical (unpaired) electrons. The van der Waals surface area contributed by atoms with E-state index in [1.807, 2.05) is 48.5 Å². The molecule has 0 saturated carbocycles. The molecule has 2 aromatic heterocycles. The molecule has 6 rings (SSSR count). The Hall–Kier alpha value is -4.44. The van der Waals surface area contributed by atoms with Gasteiger partial charge in [0.05, 0.1) is 16.4 Å². The molecule has 1 aliphatic heterocycles. The van der Waals surface area contributed by atoms with Gasteiger partial charge in [0.15, 0.2) is 5.16 Å². The molecule has 0 saturated heterocycles. The minimum atomic E-state index is -0.492. The second kappa shape index (κ2) is 8.65. The smallest absolute Gasteiger partial charge is 0.283 e. The average Bonchev–Trinajstić information content (AvgIpc) is 3.50. The summed E-state index contributed by atoms with van der Waals surface area (Å²) in [6.07, 6.45) is 0.805. The number of rotatable bonds is 5. The van der Waals surface area contributed by atoms with Gasteiger partial charge in [0, 0.05) is 35.3 Å². The van der Waals surface area contributed by atoms with Gasteiger partial charge in [-0.15, -0.1) is 0 Å². The highest BCUT2D eigenvalue weighted by molar-refractivity contribution is 7.99. The number of non-ortho nitro benzene ring substituents is 1. The fourth-order valence-electron chi connectivity index (χ4n) is 4.59. The van der Waals surface area contributed by atoms with Crippen LogP contribution in [0.4, 0.5) is 11.4 Å². The summed E-state index contributed by atoms with van der Waals surface area (Å²) < 4.78 is 1.40. The van der Waals surface area contributed by atoms with Gasteiger partial charge in [-0.3, -0.25) is 24.3 Å². The zero-order valence-corrected chi connectivity index (χ0v) is 19.7. The Labute approximate surface area is 208 Å².